The van der Waals surface area contributed by atoms with E-state index in [1.54, 1.807) is 42.7 Å². The monoisotopic (exact) mass is 602 g/mol. The predicted octanol–water partition coefficient (Wildman–Crippen LogP) is -0.752. The molecule has 0 atom stereocenters. The summed E-state index contributed by atoms with van der Waals surface area (Å²) in [5.74, 6) is 4.45. The van der Waals surface area contributed by atoms with Gasteiger partial charge in [-0.2, -0.15) is 0 Å². The zero-order valence-electron chi connectivity index (χ0n) is 23.8. The van der Waals surface area contributed by atoms with Gasteiger partial charge in [0.25, 0.3) is 8.80 Å². The van der Waals surface area contributed by atoms with Gasteiger partial charge in [-0.1, -0.05) is 36.4 Å². The fraction of sp³-hybridized carbons (Fsp3) is 0.200. The molecular weight excluding hydrogens is 569 g/mol. The molecule has 0 aliphatic carbocycles. The highest BCUT2D eigenvalue weighted by atomic mass is 28.3. The molecule has 3 aromatic rings. The van der Waals surface area contributed by atoms with Crippen molar-refractivity contribution in [2.45, 2.75) is 0 Å². The van der Waals surface area contributed by atoms with E-state index in [0.29, 0.717) is 0 Å². The van der Waals surface area contributed by atoms with E-state index in [1.165, 1.54) is 0 Å². The number of hydrogen-bond acceptors (Lipinski definition) is 6. The maximum absolute atomic E-state index is 5.60. The summed E-state index contributed by atoms with van der Waals surface area (Å²) in [7, 11) is 5.14. The summed E-state index contributed by atoms with van der Waals surface area (Å²) in [6, 6.07) is 17.8. The Morgan fingerprint density at radius 3 is 1.00 bits per heavy atom. The quantitative estimate of drug-likeness (QED) is 0.238. The Labute approximate surface area is 245 Å². The first-order valence-electron chi connectivity index (χ1n) is 12.6. The van der Waals surface area contributed by atoms with Gasteiger partial charge in [-0.05, 0) is 33.8 Å². The third kappa shape index (κ3) is 8.01. The molecule has 206 valence electrons. The summed E-state index contributed by atoms with van der Waals surface area (Å²) < 4.78 is 33.1. The molecule has 40 heavy (non-hydrogen) atoms. The standard InChI is InChI=1S/C30H34O6Si4/c1-31-22-10-7-13-25(28(22)34-4)37-16-19-40(20-17-38-26-14-8-11-23(32-2)29(26)35-5)21-18-39-27-15-9-12-24(33-3)30(27)36-6/h7-15,40H,37-39H2,1-6H3. The summed E-state index contributed by atoms with van der Waals surface area (Å²) in [5, 5.41) is 3.32. The number of benzene rings is 3. The second-order valence-corrected chi connectivity index (χ2v) is 14.5. The first kappa shape index (κ1) is 30.5. The Balaban J connectivity index is 1.89. The molecule has 10 heteroatoms. The molecule has 0 fully saturated rings. The van der Waals surface area contributed by atoms with Crippen LogP contribution in [0.25, 0.3) is 0 Å². The molecule has 0 saturated heterocycles. The molecule has 3 rings (SSSR count). The van der Waals surface area contributed by atoms with E-state index in [4.69, 9.17) is 28.4 Å². The molecular formula is C30H34O6Si4. The van der Waals surface area contributed by atoms with Crippen molar-refractivity contribution in [3.8, 4) is 67.8 Å². The molecule has 0 aliphatic heterocycles. The third-order valence-corrected chi connectivity index (χ3v) is 12.7. The third-order valence-electron chi connectivity index (χ3n) is 6.03. The summed E-state index contributed by atoms with van der Waals surface area (Å²) in [6.45, 7) is 0. The van der Waals surface area contributed by atoms with Crippen LogP contribution in [0.15, 0.2) is 54.6 Å². The van der Waals surface area contributed by atoms with Gasteiger partial charge in [0.15, 0.2) is 34.5 Å². The van der Waals surface area contributed by atoms with Crippen LogP contribution < -0.4 is 44.0 Å². The van der Waals surface area contributed by atoms with Gasteiger partial charge < -0.3 is 28.4 Å². The van der Waals surface area contributed by atoms with E-state index in [-0.39, 0.29) is 0 Å². The van der Waals surface area contributed by atoms with Crippen LogP contribution in [0.4, 0.5) is 0 Å². The Hall–Kier alpha value is -3.99. The van der Waals surface area contributed by atoms with Gasteiger partial charge in [0.2, 0.25) is 0 Å². The summed E-state index contributed by atoms with van der Waals surface area (Å²) in [4.78, 5) is 0. The lowest BCUT2D eigenvalue weighted by Gasteiger charge is -2.10. The molecule has 6 nitrogen and oxygen atoms in total. The molecule has 0 N–H and O–H groups in total. The summed E-state index contributed by atoms with van der Waals surface area (Å²) in [6.07, 6.45) is 0. The van der Waals surface area contributed by atoms with Crippen molar-refractivity contribution < 1.29 is 28.4 Å². The van der Waals surface area contributed by atoms with Gasteiger partial charge >= 0.3 is 0 Å². The van der Waals surface area contributed by atoms with E-state index < -0.39 is 37.4 Å². The lowest BCUT2D eigenvalue weighted by Crippen LogP contribution is -2.19. The van der Waals surface area contributed by atoms with E-state index in [0.717, 1.165) is 50.1 Å². The normalized spacial score (nSPS) is 11.2. The van der Waals surface area contributed by atoms with Crippen LogP contribution >= 0.6 is 0 Å². The van der Waals surface area contributed by atoms with Crippen LogP contribution in [0.2, 0.25) is 0 Å². The zero-order chi connectivity index (χ0) is 28.7. The fourth-order valence-electron chi connectivity index (χ4n) is 4.13. The van der Waals surface area contributed by atoms with Crippen LogP contribution in [-0.4, -0.2) is 80.0 Å². The van der Waals surface area contributed by atoms with Crippen molar-refractivity contribution in [3.05, 3.63) is 54.6 Å². The molecule has 3 aromatic carbocycles. The number of hydrogen-bond donors (Lipinski definition) is 0. The van der Waals surface area contributed by atoms with Gasteiger partial charge in [0.1, 0.15) is 28.6 Å². The molecule has 0 aromatic heterocycles. The smallest absolute Gasteiger partial charge is 0.273 e. The number of para-hydroxylation sites is 3. The van der Waals surface area contributed by atoms with Gasteiger partial charge in [-0.15, -0.1) is 33.3 Å². The molecule has 0 radical (unpaired) electrons. The Kier molecular flexibility index (Phi) is 12.4. The van der Waals surface area contributed by atoms with Crippen LogP contribution in [0.3, 0.4) is 0 Å². The number of methoxy groups -OCH3 is 6. The van der Waals surface area contributed by atoms with Gasteiger partial charge in [0.05, 0.1) is 42.7 Å². The maximum Gasteiger partial charge on any atom is 0.273 e. The number of rotatable bonds is 9. The highest BCUT2D eigenvalue weighted by molar-refractivity contribution is 6.86. The summed E-state index contributed by atoms with van der Waals surface area (Å²) in [5.41, 5.74) is 20.8. The SMILES string of the molecule is COc1cccc([SiH2]C#C[SiH](C#C[SiH2]c2cccc(OC)c2OC)C#C[SiH2]c2cccc(OC)c2OC)c1OC. The zero-order valence-corrected chi connectivity index (χ0v) is 29.2. The fourth-order valence-corrected chi connectivity index (χ4v) is 10.8. The molecule has 0 spiro atoms. The lowest BCUT2D eigenvalue weighted by atomic mass is 10.3. The van der Waals surface area contributed by atoms with Crippen molar-refractivity contribution in [2.24, 2.45) is 0 Å². The first-order chi connectivity index (χ1) is 19.6. The van der Waals surface area contributed by atoms with Crippen molar-refractivity contribution in [1.82, 2.24) is 0 Å². The van der Waals surface area contributed by atoms with Crippen molar-refractivity contribution in [1.29, 1.82) is 0 Å². The van der Waals surface area contributed by atoms with Crippen LogP contribution in [0.5, 0.6) is 34.5 Å². The molecule has 0 amide bonds. The second-order valence-electron chi connectivity index (χ2n) is 8.38. The average molecular weight is 603 g/mol. The van der Waals surface area contributed by atoms with Crippen LogP contribution in [-0.2, 0) is 0 Å². The minimum atomic E-state index is -1.99. The topological polar surface area (TPSA) is 55.4 Å². The predicted molar refractivity (Wildman–Crippen MR) is 174 cm³/mol. The van der Waals surface area contributed by atoms with E-state index in [9.17, 15) is 0 Å². The van der Waals surface area contributed by atoms with E-state index in [1.807, 2.05) is 36.4 Å². The molecule has 0 heterocycles. The van der Waals surface area contributed by atoms with Crippen molar-refractivity contribution in [2.75, 3.05) is 42.7 Å². The molecule has 0 bridgehead atoms. The van der Waals surface area contributed by atoms with Crippen molar-refractivity contribution in [3.63, 3.8) is 0 Å². The first-order valence-corrected chi connectivity index (χ1v) is 18.6. The Morgan fingerprint density at radius 2 is 0.750 bits per heavy atom. The van der Waals surface area contributed by atoms with Gasteiger partial charge in [-0.25, -0.2) is 0 Å². The van der Waals surface area contributed by atoms with Crippen molar-refractivity contribution >= 4 is 52.9 Å². The second kappa shape index (κ2) is 16.2. The van der Waals surface area contributed by atoms with Crippen LogP contribution in [0.1, 0.15) is 0 Å². The largest absolute Gasteiger partial charge is 0.493 e. The Bertz CT molecular complexity index is 1310. The molecule has 0 unspecified atom stereocenters. The maximum atomic E-state index is 5.60. The minimum Gasteiger partial charge on any atom is -0.493 e. The van der Waals surface area contributed by atoms with E-state index in [2.05, 4.69) is 51.5 Å². The summed E-state index contributed by atoms with van der Waals surface area (Å²) >= 11 is 0. The highest BCUT2D eigenvalue weighted by Crippen LogP contribution is 2.24. The number of ether oxygens (including phenoxy) is 6. The molecule has 0 saturated carbocycles. The van der Waals surface area contributed by atoms with Crippen LogP contribution in [0, 0.1) is 33.3 Å². The molecule has 0 aliphatic rings. The van der Waals surface area contributed by atoms with Gasteiger partial charge in [-0.3, -0.25) is 0 Å². The lowest BCUT2D eigenvalue weighted by molar-refractivity contribution is 0.357. The van der Waals surface area contributed by atoms with Gasteiger partial charge in [0, 0.05) is 0 Å². The minimum absolute atomic E-state index is 0.721. The van der Waals surface area contributed by atoms with E-state index >= 15 is 0 Å². The Morgan fingerprint density at radius 1 is 0.450 bits per heavy atom. The average Bonchev–Trinajstić information content (AvgIpc) is 2.99. The highest BCUT2D eigenvalue weighted by Gasteiger charge is 2.11.